The van der Waals surface area contributed by atoms with Crippen molar-refractivity contribution in [1.82, 2.24) is 15.5 Å². The van der Waals surface area contributed by atoms with Gasteiger partial charge in [-0.05, 0) is 59.2 Å². The minimum absolute atomic E-state index is 0.0315. The van der Waals surface area contributed by atoms with E-state index in [1.165, 1.54) is 12.8 Å². The molecule has 3 atom stereocenters. The van der Waals surface area contributed by atoms with Crippen molar-refractivity contribution in [1.29, 1.82) is 0 Å². The van der Waals surface area contributed by atoms with E-state index in [0.29, 0.717) is 19.0 Å². The summed E-state index contributed by atoms with van der Waals surface area (Å²) >= 11 is 0. The first kappa shape index (κ1) is 17.5. The van der Waals surface area contributed by atoms with Gasteiger partial charge in [0, 0.05) is 13.7 Å². The van der Waals surface area contributed by atoms with Crippen molar-refractivity contribution >= 4 is 6.09 Å². The number of ether oxygens (including phenoxy) is 2. The lowest BCUT2D eigenvalue weighted by Crippen LogP contribution is -2.45. The zero-order valence-electron chi connectivity index (χ0n) is 14.4. The van der Waals surface area contributed by atoms with Crippen molar-refractivity contribution in [3.63, 3.8) is 0 Å². The van der Waals surface area contributed by atoms with E-state index in [4.69, 9.17) is 9.47 Å². The second kappa shape index (κ2) is 7.62. The lowest BCUT2D eigenvalue weighted by molar-refractivity contribution is 0.0252. The molecule has 2 heterocycles. The maximum Gasteiger partial charge on any atom is 0.410 e. The van der Waals surface area contributed by atoms with Gasteiger partial charge in [-0.2, -0.15) is 0 Å². The fourth-order valence-corrected chi connectivity index (χ4v) is 3.10. The highest BCUT2D eigenvalue weighted by molar-refractivity contribution is 5.68. The quantitative estimate of drug-likeness (QED) is 0.817. The maximum atomic E-state index is 12.2. The zero-order valence-corrected chi connectivity index (χ0v) is 14.4. The molecule has 2 rings (SSSR count). The number of hydrogen-bond acceptors (Lipinski definition) is 5. The van der Waals surface area contributed by atoms with Gasteiger partial charge in [-0.3, -0.25) is 0 Å². The molecular weight excluding hydrogens is 282 g/mol. The molecule has 0 saturated carbocycles. The van der Waals surface area contributed by atoms with E-state index in [2.05, 4.69) is 10.6 Å². The first-order valence-corrected chi connectivity index (χ1v) is 8.34. The summed E-state index contributed by atoms with van der Waals surface area (Å²) in [6.45, 7) is 10.1. The molecule has 0 radical (unpaired) electrons. The second-order valence-electron chi connectivity index (χ2n) is 7.39. The van der Waals surface area contributed by atoms with E-state index < -0.39 is 5.60 Å². The molecule has 2 fully saturated rings. The third-order valence-corrected chi connectivity index (χ3v) is 4.29. The predicted octanol–water partition coefficient (Wildman–Crippen LogP) is 1.21. The number of amides is 1. The van der Waals surface area contributed by atoms with Crippen LogP contribution in [-0.4, -0.2) is 68.6 Å². The molecule has 0 spiro atoms. The summed E-state index contributed by atoms with van der Waals surface area (Å²) in [5, 5.41) is 7.02. The van der Waals surface area contributed by atoms with Gasteiger partial charge < -0.3 is 25.0 Å². The van der Waals surface area contributed by atoms with E-state index in [-0.39, 0.29) is 18.2 Å². The molecule has 1 amide bonds. The van der Waals surface area contributed by atoms with Crippen LogP contribution in [0.4, 0.5) is 4.79 Å². The Labute approximate surface area is 133 Å². The van der Waals surface area contributed by atoms with Crippen LogP contribution in [0.25, 0.3) is 0 Å². The number of rotatable bonds is 4. The molecular formula is C16H31N3O3. The summed E-state index contributed by atoms with van der Waals surface area (Å²) in [4.78, 5) is 13.9. The van der Waals surface area contributed by atoms with Crippen LogP contribution < -0.4 is 10.6 Å². The first-order chi connectivity index (χ1) is 10.4. The highest BCUT2D eigenvalue weighted by Crippen LogP contribution is 2.18. The third kappa shape index (κ3) is 5.11. The van der Waals surface area contributed by atoms with Crippen molar-refractivity contribution in [3.8, 4) is 0 Å². The molecule has 2 saturated heterocycles. The molecule has 0 aromatic heterocycles. The molecule has 0 aromatic carbocycles. The van der Waals surface area contributed by atoms with E-state index in [0.717, 1.165) is 19.6 Å². The number of piperidine rings is 1. The number of likely N-dealkylation sites (tertiary alicyclic amines) is 1. The van der Waals surface area contributed by atoms with Crippen LogP contribution in [0.5, 0.6) is 0 Å². The van der Waals surface area contributed by atoms with Crippen LogP contribution in [0.2, 0.25) is 0 Å². The van der Waals surface area contributed by atoms with Gasteiger partial charge >= 0.3 is 6.09 Å². The van der Waals surface area contributed by atoms with Gasteiger partial charge in [0.05, 0.1) is 18.7 Å². The fourth-order valence-electron chi connectivity index (χ4n) is 3.10. The van der Waals surface area contributed by atoms with Crippen LogP contribution in [0.15, 0.2) is 0 Å². The summed E-state index contributed by atoms with van der Waals surface area (Å²) in [6.07, 6.45) is 2.29. The number of carbonyl (C=O) groups excluding carboxylic acids is 1. The number of methoxy groups -OCH3 is 1. The minimum atomic E-state index is -0.459. The molecule has 2 aliphatic heterocycles. The van der Waals surface area contributed by atoms with Crippen molar-refractivity contribution in [2.24, 2.45) is 5.92 Å². The fraction of sp³-hybridized carbons (Fsp3) is 0.938. The standard InChI is InChI=1S/C16H31N3O3/c1-16(2,3)22-15(20)19-10-13(14(11-19)21-4)18-9-12-6-5-7-17-8-12/h12-14,17-18H,5-11H2,1-4H3/t12?,13?,14-/m0/s1. The molecule has 0 bridgehead atoms. The topological polar surface area (TPSA) is 62.8 Å². The number of hydrogen-bond donors (Lipinski definition) is 2. The molecule has 2 unspecified atom stereocenters. The van der Waals surface area contributed by atoms with Gasteiger partial charge in [-0.25, -0.2) is 4.79 Å². The average Bonchev–Trinajstić information content (AvgIpc) is 2.88. The largest absolute Gasteiger partial charge is 0.444 e. The Kier molecular flexibility index (Phi) is 6.06. The second-order valence-corrected chi connectivity index (χ2v) is 7.39. The molecule has 0 aliphatic carbocycles. The Morgan fingerprint density at radius 3 is 2.73 bits per heavy atom. The molecule has 6 nitrogen and oxygen atoms in total. The van der Waals surface area contributed by atoms with Gasteiger partial charge in [-0.15, -0.1) is 0 Å². The van der Waals surface area contributed by atoms with Crippen molar-refractivity contribution < 1.29 is 14.3 Å². The Morgan fingerprint density at radius 1 is 1.36 bits per heavy atom. The van der Waals surface area contributed by atoms with Gasteiger partial charge in [0.1, 0.15) is 5.60 Å². The van der Waals surface area contributed by atoms with Crippen LogP contribution in [0.1, 0.15) is 33.6 Å². The summed E-state index contributed by atoms with van der Waals surface area (Å²) in [5.41, 5.74) is -0.459. The Bertz CT molecular complexity index is 364. The summed E-state index contributed by atoms with van der Waals surface area (Å²) in [7, 11) is 1.71. The minimum Gasteiger partial charge on any atom is -0.444 e. The number of carbonyl (C=O) groups is 1. The summed E-state index contributed by atoms with van der Waals surface area (Å²) in [5.74, 6) is 0.668. The van der Waals surface area contributed by atoms with E-state index in [1.807, 2.05) is 20.8 Å². The Morgan fingerprint density at radius 2 is 2.14 bits per heavy atom. The van der Waals surface area contributed by atoms with Crippen molar-refractivity contribution in [2.75, 3.05) is 39.8 Å². The van der Waals surface area contributed by atoms with Crippen LogP contribution in [0, 0.1) is 5.92 Å². The predicted molar refractivity (Wildman–Crippen MR) is 86.0 cm³/mol. The van der Waals surface area contributed by atoms with Gasteiger partial charge in [0.15, 0.2) is 0 Å². The van der Waals surface area contributed by atoms with Crippen LogP contribution in [0.3, 0.4) is 0 Å². The molecule has 6 heteroatoms. The van der Waals surface area contributed by atoms with Crippen LogP contribution in [-0.2, 0) is 9.47 Å². The average molecular weight is 313 g/mol. The normalized spacial score (nSPS) is 29.6. The van der Waals surface area contributed by atoms with Gasteiger partial charge in [-0.1, -0.05) is 0 Å². The zero-order chi connectivity index (χ0) is 16.2. The lowest BCUT2D eigenvalue weighted by Gasteiger charge is -2.26. The van der Waals surface area contributed by atoms with Crippen molar-refractivity contribution in [2.45, 2.75) is 51.4 Å². The lowest BCUT2D eigenvalue weighted by atomic mass is 9.99. The third-order valence-electron chi connectivity index (χ3n) is 4.29. The molecule has 2 aliphatic rings. The summed E-state index contributed by atoms with van der Waals surface area (Å²) < 4.78 is 11.0. The SMILES string of the molecule is CO[C@H]1CN(C(=O)OC(C)(C)C)CC1NCC1CCCNC1. The maximum absolute atomic E-state index is 12.2. The summed E-state index contributed by atoms with van der Waals surface area (Å²) in [6, 6.07) is 0.180. The van der Waals surface area contributed by atoms with Crippen molar-refractivity contribution in [3.05, 3.63) is 0 Å². The number of nitrogens with zero attached hydrogens (tertiary/aromatic N) is 1. The number of nitrogens with one attached hydrogen (secondary N) is 2. The van der Waals surface area contributed by atoms with Crippen LogP contribution >= 0.6 is 0 Å². The Balaban J connectivity index is 1.82. The highest BCUT2D eigenvalue weighted by atomic mass is 16.6. The van der Waals surface area contributed by atoms with E-state index in [9.17, 15) is 4.79 Å². The van der Waals surface area contributed by atoms with E-state index >= 15 is 0 Å². The first-order valence-electron chi connectivity index (χ1n) is 8.34. The molecule has 0 aromatic rings. The smallest absolute Gasteiger partial charge is 0.410 e. The molecule has 22 heavy (non-hydrogen) atoms. The monoisotopic (exact) mass is 313 g/mol. The van der Waals surface area contributed by atoms with Gasteiger partial charge in [0.25, 0.3) is 0 Å². The highest BCUT2D eigenvalue weighted by Gasteiger charge is 2.37. The van der Waals surface area contributed by atoms with E-state index in [1.54, 1.807) is 12.0 Å². The molecule has 128 valence electrons. The molecule has 2 N–H and O–H groups in total. The van der Waals surface area contributed by atoms with Gasteiger partial charge in [0.2, 0.25) is 0 Å². The Hall–Kier alpha value is -0.850.